The number of hydrogen-bond donors (Lipinski definition) is 2. The molecule has 0 atom stereocenters. The van der Waals surface area contributed by atoms with E-state index in [1.807, 2.05) is 36.4 Å². The summed E-state index contributed by atoms with van der Waals surface area (Å²) in [4.78, 5) is 39.2. The molecule has 0 aliphatic rings. The van der Waals surface area contributed by atoms with Gasteiger partial charge in [0.1, 0.15) is 13.1 Å². The van der Waals surface area contributed by atoms with E-state index in [0.717, 1.165) is 34.3 Å². The molecule has 1 aromatic heterocycles. The van der Waals surface area contributed by atoms with Gasteiger partial charge in [-0.25, -0.2) is 4.79 Å². The van der Waals surface area contributed by atoms with Crippen LogP contribution in [0, 0.1) is 0 Å². The third kappa shape index (κ3) is 6.04. The van der Waals surface area contributed by atoms with Gasteiger partial charge in [0.05, 0.1) is 12.1 Å². The quantitative estimate of drug-likeness (QED) is 0.645. The smallest absolute Gasteiger partial charge is 0.410 e. The number of amides is 3. The summed E-state index contributed by atoms with van der Waals surface area (Å²) < 4.78 is 5.07. The zero-order valence-electron chi connectivity index (χ0n) is 14.4. The number of carbonyl (C=O) groups is 3. The summed E-state index contributed by atoms with van der Waals surface area (Å²) in [6, 6.07) is 11.9. The highest BCUT2D eigenvalue weighted by Crippen LogP contribution is 2.13. The van der Waals surface area contributed by atoms with Crippen LogP contribution < -0.4 is 11.5 Å². The van der Waals surface area contributed by atoms with Crippen LogP contribution in [0.1, 0.15) is 18.5 Å². The molecule has 8 nitrogen and oxygen atoms in total. The van der Waals surface area contributed by atoms with Crippen molar-refractivity contribution in [3.05, 3.63) is 42.1 Å². The number of carbonyl (C=O) groups excluding carboxylic acids is 3. The average molecular weight is 358 g/mol. The lowest BCUT2D eigenvalue weighted by atomic mass is 10.1. The Labute approximate surface area is 151 Å². The lowest BCUT2D eigenvalue weighted by Crippen LogP contribution is -2.43. The summed E-state index contributed by atoms with van der Waals surface area (Å²) in [5.74, 6) is -1.49. The number of primary amides is 2. The minimum absolute atomic E-state index is 0.167. The van der Waals surface area contributed by atoms with Gasteiger partial charge in [-0.05, 0) is 31.4 Å². The van der Waals surface area contributed by atoms with Crippen LogP contribution >= 0.6 is 0 Å². The number of nitrogens with two attached hydrogens (primary N) is 2. The van der Waals surface area contributed by atoms with Crippen LogP contribution in [0.4, 0.5) is 4.79 Å². The van der Waals surface area contributed by atoms with E-state index in [1.54, 1.807) is 0 Å². The first kappa shape index (κ1) is 19.2. The van der Waals surface area contributed by atoms with Crippen molar-refractivity contribution in [2.24, 2.45) is 11.5 Å². The number of hydrogen-bond acceptors (Lipinski definition) is 5. The number of rotatable bonds is 9. The standard InChI is InChI=1S/C18H22N4O4/c19-16(23)11-22(12-17(20)24)18(25)26-10-4-3-6-14-9-8-13-5-1-2-7-15(13)21-14/h1-2,5,7-9H,3-4,6,10-12H2,(H2,19,23)(H2,20,24). The number of fused-ring (bicyclic) bond motifs is 1. The number of pyridine rings is 1. The molecule has 1 aromatic carbocycles. The van der Waals surface area contributed by atoms with Crippen LogP contribution in [-0.4, -0.2) is 47.5 Å². The average Bonchev–Trinajstić information content (AvgIpc) is 2.59. The largest absolute Gasteiger partial charge is 0.449 e. The minimum Gasteiger partial charge on any atom is -0.449 e. The molecule has 0 radical (unpaired) electrons. The van der Waals surface area contributed by atoms with E-state index in [-0.39, 0.29) is 6.61 Å². The van der Waals surface area contributed by atoms with Crippen molar-refractivity contribution in [3.8, 4) is 0 Å². The molecule has 0 unspecified atom stereocenters. The zero-order valence-corrected chi connectivity index (χ0v) is 14.4. The van der Waals surface area contributed by atoms with E-state index in [4.69, 9.17) is 16.2 Å². The van der Waals surface area contributed by atoms with E-state index in [1.165, 1.54) is 0 Å². The van der Waals surface area contributed by atoms with Crippen molar-refractivity contribution in [1.29, 1.82) is 0 Å². The Morgan fingerprint density at radius 2 is 1.65 bits per heavy atom. The lowest BCUT2D eigenvalue weighted by Gasteiger charge is -2.18. The van der Waals surface area contributed by atoms with Crippen molar-refractivity contribution >= 4 is 28.8 Å². The van der Waals surface area contributed by atoms with Gasteiger partial charge >= 0.3 is 6.09 Å². The number of unbranched alkanes of at least 4 members (excludes halogenated alkanes) is 1. The molecule has 0 spiro atoms. The summed E-state index contributed by atoms with van der Waals surface area (Å²) in [6.07, 6.45) is 1.38. The number of para-hydroxylation sites is 1. The molecule has 1 heterocycles. The summed E-state index contributed by atoms with van der Waals surface area (Å²) in [5, 5.41) is 1.09. The van der Waals surface area contributed by atoms with Crippen molar-refractivity contribution in [1.82, 2.24) is 9.88 Å². The highest BCUT2D eigenvalue weighted by molar-refractivity contribution is 5.85. The predicted octanol–water partition coefficient (Wildman–Crippen LogP) is 0.967. The maximum Gasteiger partial charge on any atom is 0.410 e. The van der Waals surface area contributed by atoms with Gasteiger partial charge in [0.25, 0.3) is 0 Å². The van der Waals surface area contributed by atoms with Crippen LogP contribution in [0.5, 0.6) is 0 Å². The van der Waals surface area contributed by atoms with Gasteiger partial charge in [-0.1, -0.05) is 24.3 Å². The maximum atomic E-state index is 11.9. The first-order chi connectivity index (χ1) is 12.5. The topological polar surface area (TPSA) is 129 Å². The van der Waals surface area contributed by atoms with E-state index >= 15 is 0 Å². The van der Waals surface area contributed by atoms with Gasteiger partial charge in [0.2, 0.25) is 11.8 Å². The molecule has 0 saturated heterocycles. The molecule has 4 N–H and O–H groups in total. The predicted molar refractivity (Wildman–Crippen MR) is 96.0 cm³/mol. The molecule has 2 rings (SSSR count). The zero-order chi connectivity index (χ0) is 18.9. The molecule has 138 valence electrons. The van der Waals surface area contributed by atoms with Gasteiger partial charge in [-0.3, -0.25) is 19.5 Å². The molecular formula is C18H22N4O4. The van der Waals surface area contributed by atoms with Crippen LogP contribution in [0.2, 0.25) is 0 Å². The first-order valence-corrected chi connectivity index (χ1v) is 8.28. The number of benzene rings is 1. The molecule has 8 heteroatoms. The fraction of sp³-hybridized carbons (Fsp3) is 0.333. The fourth-order valence-electron chi connectivity index (χ4n) is 2.47. The summed E-state index contributed by atoms with van der Waals surface area (Å²) in [5.41, 5.74) is 12.0. The van der Waals surface area contributed by atoms with Crippen molar-refractivity contribution in [2.75, 3.05) is 19.7 Å². The first-order valence-electron chi connectivity index (χ1n) is 8.28. The minimum atomic E-state index is -0.786. The van der Waals surface area contributed by atoms with Crippen molar-refractivity contribution in [3.63, 3.8) is 0 Å². The van der Waals surface area contributed by atoms with Crippen LogP contribution in [-0.2, 0) is 20.7 Å². The summed E-state index contributed by atoms with van der Waals surface area (Å²) in [7, 11) is 0. The second-order valence-corrected chi connectivity index (χ2v) is 5.86. The van der Waals surface area contributed by atoms with Gasteiger partial charge in [0.15, 0.2) is 0 Å². The number of aryl methyl sites for hydroxylation is 1. The Balaban J connectivity index is 1.75. The number of ether oxygens (including phenoxy) is 1. The van der Waals surface area contributed by atoms with E-state index in [2.05, 4.69) is 4.98 Å². The molecular weight excluding hydrogens is 336 g/mol. The van der Waals surface area contributed by atoms with E-state index in [9.17, 15) is 14.4 Å². The Morgan fingerprint density at radius 1 is 0.962 bits per heavy atom. The molecule has 26 heavy (non-hydrogen) atoms. The second kappa shape index (κ2) is 9.36. The van der Waals surface area contributed by atoms with Crippen LogP contribution in [0.25, 0.3) is 10.9 Å². The van der Waals surface area contributed by atoms with Gasteiger partial charge in [-0.2, -0.15) is 0 Å². The third-order valence-electron chi connectivity index (χ3n) is 3.66. The van der Waals surface area contributed by atoms with Gasteiger partial charge in [0, 0.05) is 11.1 Å². The molecule has 0 fully saturated rings. The van der Waals surface area contributed by atoms with Crippen molar-refractivity contribution in [2.45, 2.75) is 19.3 Å². The summed E-state index contributed by atoms with van der Waals surface area (Å²) >= 11 is 0. The molecule has 2 aromatic rings. The normalized spacial score (nSPS) is 10.5. The Morgan fingerprint density at radius 3 is 2.35 bits per heavy atom. The highest BCUT2D eigenvalue weighted by atomic mass is 16.6. The second-order valence-electron chi connectivity index (χ2n) is 5.86. The number of nitrogens with zero attached hydrogens (tertiary/aromatic N) is 2. The fourth-order valence-corrected chi connectivity index (χ4v) is 2.47. The van der Waals surface area contributed by atoms with Gasteiger partial charge in [-0.15, -0.1) is 0 Å². The van der Waals surface area contributed by atoms with E-state index < -0.39 is 31.0 Å². The Kier molecular flexibility index (Phi) is 6.90. The van der Waals surface area contributed by atoms with Gasteiger partial charge < -0.3 is 16.2 Å². The third-order valence-corrected chi connectivity index (χ3v) is 3.66. The molecule has 0 aliphatic carbocycles. The molecule has 3 amide bonds. The van der Waals surface area contributed by atoms with Crippen LogP contribution in [0.3, 0.4) is 0 Å². The molecule has 0 saturated carbocycles. The molecule has 0 bridgehead atoms. The SMILES string of the molecule is NC(=O)CN(CC(N)=O)C(=O)OCCCCc1ccc2ccccc2n1. The van der Waals surface area contributed by atoms with E-state index in [0.29, 0.717) is 6.42 Å². The number of aromatic nitrogens is 1. The maximum absolute atomic E-state index is 11.9. The molecule has 0 aliphatic heterocycles. The van der Waals surface area contributed by atoms with Crippen LogP contribution in [0.15, 0.2) is 36.4 Å². The Hall–Kier alpha value is -3.16. The van der Waals surface area contributed by atoms with Crippen molar-refractivity contribution < 1.29 is 19.1 Å². The Bertz CT molecular complexity index is 778. The lowest BCUT2D eigenvalue weighted by molar-refractivity contribution is -0.121. The summed E-state index contributed by atoms with van der Waals surface area (Å²) in [6.45, 7) is -0.661. The monoisotopic (exact) mass is 358 g/mol. The highest BCUT2D eigenvalue weighted by Gasteiger charge is 2.19.